The van der Waals surface area contributed by atoms with Crippen LogP contribution in [0.1, 0.15) is 21.5 Å². The molecule has 0 aliphatic heterocycles. The zero-order valence-electron chi connectivity index (χ0n) is 9.25. The van der Waals surface area contributed by atoms with Crippen molar-refractivity contribution in [2.24, 2.45) is 0 Å². The lowest BCUT2D eigenvalue weighted by Gasteiger charge is -2.13. The number of hydrogen-bond donors (Lipinski definition) is 0. The average molecular weight is 330 g/mol. The molecule has 0 fully saturated rings. The first-order valence-electron chi connectivity index (χ1n) is 5.24. The van der Waals surface area contributed by atoms with Gasteiger partial charge in [-0.2, -0.15) is 0 Å². The van der Waals surface area contributed by atoms with E-state index in [-0.39, 0.29) is 4.83 Å². The van der Waals surface area contributed by atoms with Crippen LogP contribution in [0.25, 0.3) is 0 Å². The molecule has 1 atom stereocenters. The smallest absolute Gasteiger partial charge is 0.0659 e. The van der Waals surface area contributed by atoms with E-state index >= 15 is 0 Å². The van der Waals surface area contributed by atoms with Gasteiger partial charge in [0.05, 0.1) is 14.9 Å². The summed E-state index contributed by atoms with van der Waals surface area (Å²) >= 11 is 15.9. The molecular weight excluding hydrogens is 319 g/mol. The largest absolute Gasteiger partial charge is 0.0827 e. The van der Waals surface area contributed by atoms with Crippen molar-refractivity contribution in [2.75, 3.05) is 0 Å². The molecule has 0 spiro atoms. The van der Waals surface area contributed by atoms with E-state index in [0.29, 0.717) is 10.0 Å². The number of hydrogen-bond acceptors (Lipinski definition) is 0. The molecule has 0 bridgehead atoms. The summed E-state index contributed by atoms with van der Waals surface area (Å²) in [6.07, 6.45) is 0. The first kappa shape index (κ1) is 12.9. The molecule has 0 aliphatic carbocycles. The van der Waals surface area contributed by atoms with E-state index in [0.717, 1.165) is 5.56 Å². The van der Waals surface area contributed by atoms with Gasteiger partial charge in [-0.3, -0.25) is 0 Å². The van der Waals surface area contributed by atoms with Crippen LogP contribution in [0.4, 0.5) is 0 Å². The SMILES string of the molecule is Cc1ccc(C(Br)c2cccc(Cl)c2Cl)cc1. The molecule has 3 heteroatoms. The molecule has 0 aromatic heterocycles. The highest BCUT2D eigenvalue weighted by Crippen LogP contribution is 2.38. The van der Waals surface area contributed by atoms with Gasteiger partial charge in [0.15, 0.2) is 0 Å². The maximum absolute atomic E-state index is 6.21. The normalized spacial score (nSPS) is 12.5. The van der Waals surface area contributed by atoms with Crippen LogP contribution in [0.5, 0.6) is 0 Å². The number of aryl methyl sites for hydroxylation is 1. The molecule has 2 aromatic rings. The lowest BCUT2D eigenvalue weighted by atomic mass is 10.0. The quantitative estimate of drug-likeness (QED) is 0.612. The maximum atomic E-state index is 6.21. The minimum absolute atomic E-state index is 0.0642. The van der Waals surface area contributed by atoms with E-state index in [1.165, 1.54) is 11.1 Å². The molecule has 0 amide bonds. The van der Waals surface area contributed by atoms with Crippen LogP contribution in [-0.2, 0) is 0 Å². The van der Waals surface area contributed by atoms with Crippen LogP contribution in [-0.4, -0.2) is 0 Å². The Morgan fingerprint density at radius 3 is 2.29 bits per heavy atom. The molecule has 17 heavy (non-hydrogen) atoms. The Hall–Kier alpha value is -0.500. The Bertz CT molecular complexity index is 520. The molecule has 0 N–H and O–H groups in total. The lowest BCUT2D eigenvalue weighted by Crippen LogP contribution is -1.94. The molecule has 2 aromatic carbocycles. The van der Waals surface area contributed by atoms with Gasteiger partial charge < -0.3 is 0 Å². The molecule has 0 heterocycles. The van der Waals surface area contributed by atoms with Gasteiger partial charge in [-0.25, -0.2) is 0 Å². The number of rotatable bonds is 2. The fourth-order valence-electron chi connectivity index (χ4n) is 1.63. The van der Waals surface area contributed by atoms with E-state index in [1.807, 2.05) is 12.1 Å². The highest BCUT2D eigenvalue weighted by Gasteiger charge is 2.14. The summed E-state index contributed by atoms with van der Waals surface area (Å²) in [6.45, 7) is 2.07. The third kappa shape index (κ3) is 2.85. The predicted octanol–water partition coefficient (Wildman–Crippen LogP) is 5.79. The van der Waals surface area contributed by atoms with Crippen molar-refractivity contribution in [1.82, 2.24) is 0 Å². The lowest BCUT2D eigenvalue weighted by molar-refractivity contribution is 1.17. The second-order valence-electron chi connectivity index (χ2n) is 3.92. The minimum Gasteiger partial charge on any atom is -0.0827 e. The number of halogens is 3. The van der Waals surface area contributed by atoms with Crippen LogP contribution in [0.3, 0.4) is 0 Å². The van der Waals surface area contributed by atoms with Crippen molar-refractivity contribution >= 4 is 39.1 Å². The van der Waals surface area contributed by atoms with Crippen molar-refractivity contribution in [3.63, 3.8) is 0 Å². The highest BCUT2D eigenvalue weighted by atomic mass is 79.9. The van der Waals surface area contributed by atoms with Crippen molar-refractivity contribution < 1.29 is 0 Å². The Labute approximate surface area is 120 Å². The van der Waals surface area contributed by atoms with Crippen molar-refractivity contribution in [3.05, 3.63) is 69.2 Å². The van der Waals surface area contributed by atoms with Gasteiger partial charge >= 0.3 is 0 Å². The van der Waals surface area contributed by atoms with Gasteiger partial charge in [-0.05, 0) is 24.1 Å². The molecule has 0 nitrogen and oxygen atoms in total. The first-order valence-corrected chi connectivity index (χ1v) is 6.91. The van der Waals surface area contributed by atoms with E-state index in [2.05, 4.69) is 47.1 Å². The topological polar surface area (TPSA) is 0 Å². The standard InChI is InChI=1S/C14H11BrCl2/c1-9-5-7-10(8-6-9)13(15)11-3-2-4-12(16)14(11)17/h2-8,13H,1H3. The van der Waals surface area contributed by atoms with Crippen molar-refractivity contribution in [2.45, 2.75) is 11.8 Å². The van der Waals surface area contributed by atoms with Gasteiger partial charge in [0, 0.05) is 0 Å². The second kappa shape index (κ2) is 5.43. The Kier molecular flexibility index (Phi) is 4.13. The van der Waals surface area contributed by atoms with Gasteiger partial charge in [-0.1, -0.05) is 81.1 Å². The molecule has 0 aliphatic rings. The Morgan fingerprint density at radius 1 is 1.00 bits per heavy atom. The molecule has 0 saturated carbocycles. The summed E-state index contributed by atoms with van der Waals surface area (Å²) in [5.74, 6) is 0. The molecule has 2 rings (SSSR count). The summed E-state index contributed by atoms with van der Waals surface area (Å²) in [5.41, 5.74) is 3.40. The van der Waals surface area contributed by atoms with Gasteiger partial charge in [0.25, 0.3) is 0 Å². The van der Waals surface area contributed by atoms with Crippen LogP contribution < -0.4 is 0 Å². The Morgan fingerprint density at radius 2 is 1.65 bits per heavy atom. The molecule has 0 radical (unpaired) electrons. The van der Waals surface area contributed by atoms with Crippen molar-refractivity contribution in [1.29, 1.82) is 0 Å². The number of alkyl halides is 1. The highest BCUT2D eigenvalue weighted by molar-refractivity contribution is 9.09. The van der Waals surface area contributed by atoms with Crippen molar-refractivity contribution in [3.8, 4) is 0 Å². The van der Waals surface area contributed by atoms with Crippen LogP contribution in [0.15, 0.2) is 42.5 Å². The Balaban J connectivity index is 2.40. The third-order valence-electron chi connectivity index (χ3n) is 2.62. The van der Waals surface area contributed by atoms with E-state index in [1.54, 1.807) is 6.07 Å². The zero-order valence-corrected chi connectivity index (χ0v) is 12.4. The minimum atomic E-state index is 0.0642. The van der Waals surface area contributed by atoms with Gasteiger partial charge in [0.2, 0.25) is 0 Å². The summed E-state index contributed by atoms with van der Waals surface area (Å²) < 4.78 is 0. The van der Waals surface area contributed by atoms with E-state index in [9.17, 15) is 0 Å². The molecule has 1 unspecified atom stereocenters. The fraction of sp³-hybridized carbons (Fsp3) is 0.143. The maximum Gasteiger partial charge on any atom is 0.0659 e. The van der Waals surface area contributed by atoms with E-state index < -0.39 is 0 Å². The van der Waals surface area contributed by atoms with Crippen LogP contribution in [0.2, 0.25) is 10.0 Å². The molecule has 0 saturated heterocycles. The fourth-order valence-corrected chi connectivity index (χ4v) is 2.87. The second-order valence-corrected chi connectivity index (χ2v) is 5.62. The monoisotopic (exact) mass is 328 g/mol. The third-order valence-corrected chi connectivity index (χ3v) is 4.48. The predicted molar refractivity (Wildman–Crippen MR) is 78.4 cm³/mol. The first-order chi connectivity index (χ1) is 8.09. The summed E-state index contributed by atoms with van der Waals surface area (Å²) in [7, 11) is 0. The van der Waals surface area contributed by atoms with Crippen LogP contribution >= 0.6 is 39.1 Å². The zero-order chi connectivity index (χ0) is 12.4. The van der Waals surface area contributed by atoms with Gasteiger partial charge in [-0.15, -0.1) is 0 Å². The molecule has 88 valence electrons. The average Bonchev–Trinajstić information content (AvgIpc) is 2.33. The summed E-state index contributed by atoms with van der Waals surface area (Å²) in [5, 5.41) is 1.19. The van der Waals surface area contributed by atoms with E-state index in [4.69, 9.17) is 23.2 Å². The van der Waals surface area contributed by atoms with Crippen LogP contribution in [0, 0.1) is 6.92 Å². The summed E-state index contributed by atoms with van der Waals surface area (Å²) in [6, 6.07) is 14.0. The number of benzene rings is 2. The summed E-state index contributed by atoms with van der Waals surface area (Å²) in [4.78, 5) is 0.0642. The molecular formula is C14H11BrCl2. The van der Waals surface area contributed by atoms with Gasteiger partial charge in [0.1, 0.15) is 0 Å².